The van der Waals surface area contributed by atoms with E-state index in [1.54, 1.807) is 0 Å². The highest BCUT2D eigenvalue weighted by molar-refractivity contribution is 5.73. The van der Waals surface area contributed by atoms with Gasteiger partial charge in [0.25, 0.3) is 0 Å². The van der Waals surface area contributed by atoms with Crippen LogP contribution in [0.3, 0.4) is 0 Å². The van der Waals surface area contributed by atoms with Crippen LogP contribution >= 0.6 is 0 Å². The van der Waals surface area contributed by atoms with Gasteiger partial charge in [0.2, 0.25) is 0 Å². The summed E-state index contributed by atoms with van der Waals surface area (Å²) >= 11 is 0. The molecule has 0 spiro atoms. The van der Waals surface area contributed by atoms with Crippen LogP contribution in [0.15, 0.2) is 24.3 Å². The minimum Gasteiger partial charge on any atom is -0.480 e. The van der Waals surface area contributed by atoms with Crippen molar-refractivity contribution < 1.29 is 9.90 Å². The fraction of sp³-hybridized carbons (Fsp3) is 0.417. The lowest BCUT2D eigenvalue weighted by atomic mass is 9.98. The summed E-state index contributed by atoms with van der Waals surface area (Å²) in [4.78, 5) is 10.7. The van der Waals surface area contributed by atoms with Gasteiger partial charge in [-0.05, 0) is 36.3 Å². The maximum Gasteiger partial charge on any atom is 0.320 e. The van der Waals surface area contributed by atoms with Crippen molar-refractivity contribution in [1.29, 1.82) is 0 Å². The third-order valence-electron chi connectivity index (χ3n) is 2.83. The number of carboxylic acids is 1. The molecule has 1 aromatic carbocycles. The lowest BCUT2D eigenvalue weighted by Crippen LogP contribution is -2.32. The molecule has 0 radical (unpaired) electrons. The molecule has 80 valence electrons. The van der Waals surface area contributed by atoms with E-state index in [0.29, 0.717) is 12.3 Å². The van der Waals surface area contributed by atoms with E-state index in [1.807, 2.05) is 18.2 Å². The highest BCUT2D eigenvalue weighted by Crippen LogP contribution is 2.41. The van der Waals surface area contributed by atoms with Crippen LogP contribution in [-0.4, -0.2) is 17.1 Å². The molecule has 1 atom stereocenters. The first-order valence-electron chi connectivity index (χ1n) is 5.24. The third-order valence-corrected chi connectivity index (χ3v) is 2.83. The van der Waals surface area contributed by atoms with Gasteiger partial charge in [0.1, 0.15) is 6.04 Å². The maximum absolute atomic E-state index is 10.7. The van der Waals surface area contributed by atoms with Crippen LogP contribution in [0.4, 0.5) is 0 Å². The maximum atomic E-state index is 10.7. The summed E-state index contributed by atoms with van der Waals surface area (Å²) in [7, 11) is 0. The Bertz CT molecular complexity index is 372. The zero-order valence-electron chi connectivity index (χ0n) is 8.52. The fourth-order valence-corrected chi connectivity index (χ4v) is 1.84. The summed E-state index contributed by atoms with van der Waals surface area (Å²) in [5, 5.41) is 8.76. The normalized spacial score (nSPS) is 17.4. The van der Waals surface area contributed by atoms with Gasteiger partial charge >= 0.3 is 5.97 Å². The van der Waals surface area contributed by atoms with Crippen LogP contribution in [0.25, 0.3) is 0 Å². The number of carbonyl (C=O) groups is 1. The number of nitrogens with two attached hydrogens (primary N) is 1. The SMILES string of the molecule is N[C@@H](Cc1ccccc1C1CC1)C(=O)O. The molecule has 3 nitrogen and oxygen atoms in total. The molecule has 0 aromatic heterocycles. The second kappa shape index (κ2) is 4.03. The van der Waals surface area contributed by atoms with Gasteiger partial charge in [-0.15, -0.1) is 0 Å². The molecule has 0 heterocycles. The van der Waals surface area contributed by atoms with Gasteiger partial charge in [-0.3, -0.25) is 4.79 Å². The van der Waals surface area contributed by atoms with Gasteiger partial charge in [0.05, 0.1) is 0 Å². The van der Waals surface area contributed by atoms with E-state index in [4.69, 9.17) is 10.8 Å². The molecule has 1 aliphatic rings. The van der Waals surface area contributed by atoms with Crippen LogP contribution in [0.5, 0.6) is 0 Å². The average molecular weight is 205 g/mol. The first-order chi connectivity index (χ1) is 7.18. The molecule has 1 fully saturated rings. The molecule has 0 unspecified atom stereocenters. The van der Waals surface area contributed by atoms with Gasteiger partial charge in [-0.25, -0.2) is 0 Å². The number of benzene rings is 1. The van der Waals surface area contributed by atoms with Crippen molar-refractivity contribution in [2.24, 2.45) is 5.73 Å². The molecular weight excluding hydrogens is 190 g/mol. The molecule has 3 N–H and O–H groups in total. The van der Waals surface area contributed by atoms with E-state index < -0.39 is 12.0 Å². The lowest BCUT2D eigenvalue weighted by molar-refractivity contribution is -0.138. The predicted molar refractivity (Wildman–Crippen MR) is 57.7 cm³/mol. The molecule has 1 saturated carbocycles. The second-order valence-electron chi connectivity index (χ2n) is 4.12. The number of carboxylic acid groups (broad SMARTS) is 1. The van der Waals surface area contributed by atoms with E-state index in [9.17, 15) is 4.79 Å². The smallest absolute Gasteiger partial charge is 0.320 e. The summed E-state index contributed by atoms with van der Waals surface area (Å²) in [6, 6.07) is 7.22. The van der Waals surface area contributed by atoms with Crippen LogP contribution in [0, 0.1) is 0 Å². The van der Waals surface area contributed by atoms with Gasteiger partial charge < -0.3 is 10.8 Å². The van der Waals surface area contributed by atoms with E-state index >= 15 is 0 Å². The van der Waals surface area contributed by atoms with Gasteiger partial charge in [0.15, 0.2) is 0 Å². The van der Waals surface area contributed by atoms with E-state index in [0.717, 1.165) is 5.56 Å². The molecule has 0 bridgehead atoms. The third kappa shape index (κ3) is 2.36. The Hall–Kier alpha value is -1.35. The van der Waals surface area contributed by atoms with Gasteiger partial charge in [-0.2, -0.15) is 0 Å². The highest BCUT2D eigenvalue weighted by atomic mass is 16.4. The average Bonchev–Trinajstić information content (AvgIpc) is 3.02. The molecule has 15 heavy (non-hydrogen) atoms. The summed E-state index contributed by atoms with van der Waals surface area (Å²) in [6.45, 7) is 0. The second-order valence-corrected chi connectivity index (χ2v) is 4.12. The zero-order valence-corrected chi connectivity index (χ0v) is 8.52. The Morgan fingerprint density at radius 3 is 2.73 bits per heavy atom. The summed E-state index contributed by atoms with van der Waals surface area (Å²) in [6.07, 6.45) is 2.88. The number of aliphatic carboxylic acids is 1. The van der Waals surface area contributed by atoms with E-state index in [2.05, 4.69) is 6.07 Å². The predicted octanol–water partition coefficient (Wildman–Crippen LogP) is 1.52. The summed E-state index contributed by atoms with van der Waals surface area (Å²) < 4.78 is 0. The first-order valence-corrected chi connectivity index (χ1v) is 5.24. The summed E-state index contributed by atoms with van der Waals surface area (Å²) in [5.74, 6) is -0.289. The Labute approximate surface area is 88.9 Å². The quantitative estimate of drug-likeness (QED) is 0.783. The number of hydrogen-bond donors (Lipinski definition) is 2. The first kappa shape index (κ1) is 10.2. The van der Waals surface area contributed by atoms with E-state index in [-0.39, 0.29) is 0 Å². The topological polar surface area (TPSA) is 63.3 Å². The molecular formula is C12H15NO2. The van der Waals surface area contributed by atoms with Crippen LogP contribution in [-0.2, 0) is 11.2 Å². The number of rotatable bonds is 4. The van der Waals surface area contributed by atoms with Crippen molar-refractivity contribution >= 4 is 5.97 Å². The molecule has 1 aromatic rings. The molecule has 1 aliphatic carbocycles. The molecule has 0 amide bonds. The van der Waals surface area contributed by atoms with Crippen molar-refractivity contribution in [2.75, 3.05) is 0 Å². The summed E-state index contributed by atoms with van der Waals surface area (Å²) in [5.41, 5.74) is 7.92. The van der Waals surface area contributed by atoms with E-state index in [1.165, 1.54) is 18.4 Å². The van der Waals surface area contributed by atoms with Crippen molar-refractivity contribution in [3.8, 4) is 0 Å². The van der Waals surface area contributed by atoms with Crippen LogP contribution in [0.2, 0.25) is 0 Å². The molecule has 3 heteroatoms. The Balaban J connectivity index is 2.16. The monoisotopic (exact) mass is 205 g/mol. The minimum atomic E-state index is -0.930. The largest absolute Gasteiger partial charge is 0.480 e. The minimum absolute atomic E-state index is 0.433. The van der Waals surface area contributed by atoms with Crippen molar-refractivity contribution in [1.82, 2.24) is 0 Å². The Morgan fingerprint density at radius 2 is 2.13 bits per heavy atom. The fourth-order valence-electron chi connectivity index (χ4n) is 1.84. The molecule has 0 saturated heterocycles. The Kier molecular flexibility index (Phi) is 2.73. The highest BCUT2D eigenvalue weighted by Gasteiger charge is 2.26. The van der Waals surface area contributed by atoms with Crippen LogP contribution < -0.4 is 5.73 Å². The zero-order chi connectivity index (χ0) is 10.8. The standard InChI is InChI=1S/C12H15NO2/c13-11(12(14)15)7-9-3-1-2-4-10(9)8-5-6-8/h1-4,8,11H,5-7,13H2,(H,14,15)/t11-/m0/s1. The lowest BCUT2D eigenvalue weighted by Gasteiger charge is -2.10. The molecule has 0 aliphatic heterocycles. The Morgan fingerprint density at radius 1 is 1.47 bits per heavy atom. The number of hydrogen-bond acceptors (Lipinski definition) is 2. The molecule has 2 rings (SSSR count). The van der Waals surface area contributed by atoms with Crippen molar-refractivity contribution in [3.05, 3.63) is 35.4 Å². The van der Waals surface area contributed by atoms with Gasteiger partial charge in [-0.1, -0.05) is 24.3 Å². The van der Waals surface area contributed by atoms with Crippen LogP contribution in [0.1, 0.15) is 29.9 Å². The van der Waals surface area contributed by atoms with Crippen molar-refractivity contribution in [2.45, 2.75) is 31.2 Å². The van der Waals surface area contributed by atoms with Crippen molar-refractivity contribution in [3.63, 3.8) is 0 Å². The van der Waals surface area contributed by atoms with Gasteiger partial charge in [0, 0.05) is 0 Å².